The molecule has 0 aromatic carbocycles. The third kappa shape index (κ3) is 2.83. The lowest BCUT2D eigenvalue weighted by molar-refractivity contribution is -0.120. The Balaban J connectivity index is 1.34. The molecule has 2 aromatic heterocycles. The van der Waals surface area contributed by atoms with Crippen LogP contribution in [0.1, 0.15) is 29.8 Å². The molecule has 0 unspecified atom stereocenters. The number of rotatable bonds is 3. The van der Waals surface area contributed by atoms with Crippen LogP contribution in [0.5, 0.6) is 0 Å². The molecule has 5 heterocycles. The molecule has 3 saturated heterocycles. The Labute approximate surface area is 155 Å². The number of aromatic nitrogens is 1. The van der Waals surface area contributed by atoms with E-state index in [1.807, 2.05) is 12.1 Å². The monoisotopic (exact) mass is 371 g/mol. The highest BCUT2D eigenvalue weighted by atomic mass is 32.1. The van der Waals surface area contributed by atoms with E-state index in [1.165, 1.54) is 6.42 Å². The number of amides is 2. The van der Waals surface area contributed by atoms with Gasteiger partial charge in [-0.2, -0.15) is 0 Å². The molecule has 5 rings (SSSR count). The molecule has 26 heavy (non-hydrogen) atoms. The van der Waals surface area contributed by atoms with E-state index in [2.05, 4.69) is 25.8 Å². The fourth-order valence-corrected chi connectivity index (χ4v) is 5.35. The van der Waals surface area contributed by atoms with Crippen molar-refractivity contribution in [2.24, 2.45) is 0 Å². The fourth-order valence-electron chi connectivity index (χ4n) is 4.25. The van der Waals surface area contributed by atoms with Crippen molar-refractivity contribution in [3.8, 4) is 0 Å². The van der Waals surface area contributed by atoms with Crippen molar-refractivity contribution in [3.05, 3.63) is 24.0 Å². The summed E-state index contributed by atoms with van der Waals surface area (Å²) in [6.45, 7) is 1.85. The summed E-state index contributed by atoms with van der Waals surface area (Å²) in [4.78, 5) is 30.7. The van der Waals surface area contributed by atoms with Crippen LogP contribution >= 0.6 is 11.3 Å². The van der Waals surface area contributed by atoms with E-state index in [0.29, 0.717) is 30.9 Å². The van der Waals surface area contributed by atoms with Crippen molar-refractivity contribution in [2.45, 2.75) is 37.4 Å². The van der Waals surface area contributed by atoms with E-state index in [-0.39, 0.29) is 17.9 Å². The first-order chi connectivity index (χ1) is 12.7. The first kappa shape index (κ1) is 16.0. The first-order valence-electron chi connectivity index (χ1n) is 9.14. The summed E-state index contributed by atoms with van der Waals surface area (Å²) in [5.74, 6) is -0.0510. The number of nitrogens with zero attached hydrogens (tertiary/aromatic N) is 2. The van der Waals surface area contributed by atoms with Gasteiger partial charge in [-0.1, -0.05) is 0 Å². The molecular formula is C18H21N5O2S. The number of carbonyl (C=O) groups excluding carboxylic acids is 2. The number of carbonyl (C=O) groups is 2. The van der Waals surface area contributed by atoms with Crippen molar-refractivity contribution in [1.82, 2.24) is 20.9 Å². The van der Waals surface area contributed by atoms with Gasteiger partial charge in [0.25, 0.3) is 5.91 Å². The number of piperazine rings is 1. The van der Waals surface area contributed by atoms with Crippen LogP contribution in [-0.2, 0) is 4.79 Å². The van der Waals surface area contributed by atoms with Gasteiger partial charge < -0.3 is 20.9 Å². The zero-order valence-corrected chi connectivity index (χ0v) is 15.1. The number of fused-ring (bicyclic) bond motifs is 3. The number of nitrogens with one attached hydrogen (secondary N) is 3. The van der Waals surface area contributed by atoms with Gasteiger partial charge in [-0.25, -0.2) is 0 Å². The zero-order valence-electron chi connectivity index (χ0n) is 14.3. The van der Waals surface area contributed by atoms with E-state index >= 15 is 0 Å². The molecule has 3 aliphatic rings. The van der Waals surface area contributed by atoms with Crippen molar-refractivity contribution >= 4 is 38.2 Å². The molecule has 3 aliphatic heterocycles. The summed E-state index contributed by atoms with van der Waals surface area (Å²) in [6, 6.07) is 5.09. The van der Waals surface area contributed by atoms with E-state index in [4.69, 9.17) is 0 Å². The van der Waals surface area contributed by atoms with Crippen LogP contribution in [0.25, 0.3) is 10.1 Å². The summed E-state index contributed by atoms with van der Waals surface area (Å²) >= 11 is 1.61. The molecule has 3 atom stereocenters. The first-order valence-corrected chi connectivity index (χ1v) is 9.95. The highest BCUT2D eigenvalue weighted by Crippen LogP contribution is 2.33. The lowest BCUT2D eigenvalue weighted by Gasteiger charge is -2.26. The van der Waals surface area contributed by atoms with Crippen LogP contribution in [0.4, 0.5) is 5.00 Å². The lowest BCUT2D eigenvalue weighted by atomic mass is 9.95. The summed E-state index contributed by atoms with van der Waals surface area (Å²) in [5, 5.41) is 11.6. The van der Waals surface area contributed by atoms with Crippen LogP contribution in [0, 0.1) is 0 Å². The fraction of sp³-hybridized carbons (Fsp3) is 0.500. The van der Waals surface area contributed by atoms with Gasteiger partial charge >= 0.3 is 0 Å². The van der Waals surface area contributed by atoms with Crippen molar-refractivity contribution < 1.29 is 9.59 Å². The second kappa shape index (κ2) is 6.21. The SMILES string of the molecule is O=C1CN(c2cc3cnc(C(=O)N[C@@H]4C[C@H]5CC[C@@H]4N5)cc3s2)CCN1. The van der Waals surface area contributed by atoms with Crippen LogP contribution in [0.2, 0.25) is 0 Å². The smallest absolute Gasteiger partial charge is 0.270 e. The van der Waals surface area contributed by atoms with E-state index in [1.54, 1.807) is 17.5 Å². The van der Waals surface area contributed by atoms with Crippen LogP contribution in [0.3, 0.4) is 0 Å². The summed E-state index contributed by atoms with van der Waals surface area (Å²) in [7, 11) is 0. The van der Waals surface area contributed by atoms with Crippen LogP contribution in [-0.4, -0.2) is 54.6 Å². The molecule has 0 spiro atoms. The zero-order chi connectivity index (χ0) is 17.7. The average Bonchev–Trinajstić information content (AvgIpc) is 3.36. The van der Waals surface area contributed by atoms with Crippen molar-refractivity contribution in [3.63, 3.8) is 0 Å². The second-order valence-corrected chi connectivity index (χ2v) is 8.39. The van der Waals surface area contributed by atoms with Gasteiger partial charge in [-0.3, -0.25) is 14.6 Å². The number of anilines is 1. The Morgan fingerprint density at radius 2 is 2.27 bits per heavy atom. The number of thiophene rings is 1. The molecule has 3 fully saturated rings. The molecule has 0 radical (unpaired) electrons. The topological polar surface area (TPSA) is 86.4 Å². The average molecular weight is 371 g/mol. The predicted octanol–water partition coefficient (Wildman–Crippen LogP) is 0.855. The Kier molecular flexibility index (Phi) is 3.82. The third-order valence-electron chi connectivity index (χ3n) is 5.59. The van der Waals surface area contributed by atoms with E-state index in [0.717, 1.165) is 34.5 Å². The summed E-state index contributed by atoms with van der Waals surface area (Å²) in [6.07, 6.45) is 5.12. The number of pyridine rings is 1. The van der Waals surface area contributed by atoms with E-state index in [9.17, 15) is 9.59 Å². The van der Waals surface area contributed by atoms with Crippen LogP contribution < -0.4 is 20.9 Å². The predicted molar refractivity (Wildman–Crippen MR) is 101 cm³/mol. The van der Waals surface area contributed by atoms with Gasteiger partial charge in [0.2, 0.25) is 5.91 Å². The molecule has 2 bridgehead atoms. The Hall–Kier alpha value is -2.19. The Morgan fingerprint density at radius 3 is 3.04 bits per heavy atom. The summed E-state index contributed by atoms with van der Waals surface area (Å²) in [5.41, 5.74) is 0.463. The molecule has 8 heteroatoms. The number of hydrogen-bond donors (Lipinski definition) is 3. The minimum Gasteiger partial charge on any atom is -0.353 e. The number of hydrogen-bond acceptors (Lipinski definition) is 6. The van der Waals surface area contributed by atoms with Crippen molar-refractivity contribution in [1.29, 1.82) is 0 Å². The second-order valence-electron chi connectivity index (χ2n) is 7.33. The molecule has 3 N–H and O–H groups in total. The van der Waals surface area contributed by atoms with Gasteiger partial charge in [0.1, 0.15) is 5.69 Å². The normalized spacial score (nSPS) is 27.8. The van der Waals surface area contributed by atoms with Gasteiger partial charge in [0.15, 0.2) is 0 Å². The minimum absolute atomic E-state index is 0.0476. The van der Waals surface area contributed by atoms with Gasteiger partial charge in [-0.15, -0.1) is 11.3 Å². The highest BCUT2D eigenvalue weighted by molar-refractivity contribution is 7.22. The van der Waals surface area contributed by atoms with Gasteiger partial charge in [-0.05, 0) is 31.4 Å². The summed E-state index contributed by atoms with van der Waals surface area (Å²) < 4.78 is 1.03. The maximum absolute atomic E-state index is 12.6. The molecule has 0 saturated carbocycles. The minimum atomic E-state index is -0.0986. The Bertz CT molecular complexity index is 882. The maximum Gasteiger partial charge on any atom is 0.270 e. The Morgan fingerprint density at radius 1 is 1.35 bits per heavy atom. The largest absolute Gasteiger partial charge is 0.353 e. The highest BCUT2D eigenvalue weighted by Gasteiger charge is 2.39. The quantitative estimate of drug-likeness (QED) is 0.745. The molecule has 136 valence electrons. The lowest BCUT2D eigenvalue weighted by Crippen LogP contribution is -2.47. The standard InChI is InChI=1S/C18H21N5O2S/c24-16-9-23(4-3-19-16)17-5-10-8-20-14(7-15(10)26-17)18(25)22-13-6-11-1-2-12(13)21-11/h5,7-8,11-13,21H,1-4,6,9H2,(H,19,24)(H,22,25)/t11-,12+,13-/m1/s1. The molecule has 7 nitrogen and oxygen atoms in total. The molecule has 2 aromatic rings. The van der Waals surface area contributed by atoms with Crippen LogP contribution in [0.15, 0.2) is 18.3 Å². The molecule has 0 aliphatic carbocycles. The van der Waals surface area contributed by atoms with E-state index < -0.39 is 0 Å². The van der Waals surface area contributed by atoms with Gasteiger partial charge in [0, 0.05) is 47.5 Å². The van der Waals surface area contributed by atoms with Crippen molar-refractivity contribution in [2.75, 3.05) is 24.5 Å². The van der Waals surface area contributed by atoms with Gasteiger partial charge in [0.05, 0.1) is 11.5 Å². The third-order valence-corrected chi connectivity index (χ3v) is 6.75. The molecule has 2 amide bonds. The molecular weight excluding hydrogens is 350 g/mol. The maximum atomic E-state index is 12.6.